The van der Waals surface area contributed by atoms with Crippen LogP contribution in [0.3, 0.4) is 0 Å². The summed E-state index contributed by atoms with van der Waals surface area (Å²) < 4.78 is 23.0. The predicted octanol–water partition coefficient (Wildman–Crippen LogP) is 5.09. The van der Waals surface area contributed by atoms with Crippen molar-refractivity contribution in [2.45, 2.75) is 27.7 Å². The van der Waals surface area contributed by atoms with E-state index in [9.17, 15) is 18.0 Å². The van der Waals surface area contributed by atoms with Crippen LogP contribution >= 0.6 is 44.1 Å². The van der Waals surface area contributed by atoms with E-state index in [1.54, 1.807) is 67.6 Å². The molecule has 0 heterocycles. The third-order valence-electron chi connectivity index (χ3n) is 5.05. The van der Waals surface area contributed by atoms with Gasteiger partial charge in [0.15, 0.2) is 21.4 Å². The molecule has 4 unspecified atom stereocenters. The molecule has 0 aliphatic heterocycles. The first kappa shape index (κ1) is 25.0. The minimum atomic E-state index is -3.83. The van der Waals surface area contributed by atoms with Gasteiger partial charge in [0, 0.05) is 23.3 Å². The van der Waals surface area contributed by atoms with Crippen molar-refractivity contribution in [3.63, 3.8) is 0 Å². The van der Waals surface area contributed by atoms with Crippen molar-refractivity contribution in [3.8, 4) is 0 Å². The predicted molar refractivity (Wildman–Crippen MR) is 132 cm³/mol. The Hall–Kier alpha value is -1.22. The minimum Gasteiger partial charge on any atom is -0.293 e. The molecule has 8 heteroatoms. The number of thiocarbonyl (C=S) groups is 1. The number of benzene rings is 2. The number of ketones is 2. The first-order chi connectivity index (χ1) is 13.8. The molecule has 4 atom stereocenters. The zero-order valence-electron chi connectivity index (χ0n) is 16.7. The molecule has 0 aromatic heterocycles. The molecule has 2 rings (SSSR count). The maximum Gasteiger partial charge on any atom is 0.180 e. The molecule has 30 heavy (non-hydrogen) atoms. The van der Waals surface area contributed by atoms with Gasteiger partial charge in [-0.3, -0.25) is 9.59 Å². The number of alkyl halides is 2. The van der Waals surface area contributed by atoms with E-state index < -0.39 is 35.4 Å². The average Bonchev–Trinajstić information content (AvgIpc) is 2.70. The van der Waals surface area contributed by atoms with Crippen molar-refractivity contribution < 1.29 is 18.0 Å². The van der Waals surface area contributed by atoms with E-state index in [2.05, 4.69) is 31.9 Å². The monoisotopic (exact) mass is 572 g/mol. The van der Waals surface area contributed by atoms with Crippen molar-refractivity contribution in [2.75, 3.05) is 6.26 Å². The fourth-order valence-corrected chi connectivity index (χ4v) is 8.34. The van der Waals surface area contributed by atoms with Crippen LogP contribution < -0.4 is 0 Å². The maximum atomic E-state index is 13.3. The van der Waals surface area contributed by atoms with E-state index in [0.29, 0.717) is 11.1 Å². The van der Waals surface area contributed by atoms with E-state index in [1.165, 1.54) is 12.3 Å². The average molecular weight is 574 g/mol. The summed E-state index contributed by atoms with van der Waals surface area (Å²) in [5.74, 6) is -1.71. The highest BCUT2D eigenvalue weighted by atomic mass is 79.9. The Morgan fingerprint density at radius 1 is 0.867 bits per heavy atom. The van der Waals surface area contributed by atoms with Crippen molar-refractivity contribution in [1.82, 2.24) is 0 Å². The van der Waals surface area contributed by atoms with Crippen LogP contribution in [0.15, 0.2) is 60.7 Å². The molecule has 0 aliphatic carbocycles. The normalized spacial score (nSPS) is 17.8. The zero-order chi connectivity index (χ0) is 22.7. The molecule has 0 spiro atoms. The van der Waals surface area contributed by atoms with Gasteiger partial charge in [-0.05, 0) is 19.2 Å². The Kier molecular flexibility index (Phi) is 7.94. The first-order valence-corrected chi connectivity index (χ1v) is 13.1. The van der Waals surface area contributed by atoms with Gasteiger partial charge in [-0.15, -0.1) is 0 Å². The van der Waals surface area contributed by atoms with E-state index in [1.807, 2.05) is 0 Å². The first-order valence-electron chi connectivity index (χ1n) is 9.06. The van der Waals surface area contributed by atoms with E-state index in [0.717, 1.165) is 6.26 Å². The van der Waals surface area contributed by atoms with Gasteiger partial charge in [0.1, 0.15) is 4.32 Å². The number of sulfone groups is 1. The summed E-state index contributed by atoms with van der Waals surface area (Å²) in [7, 11) is -3.83. The Morgan fingerprint density at radius 2 is 1.23 bits per heavy atom. The number of carbonyl (C=O) groups excluding carboxylic acids is 2. The highest BCUT2D eigenvalue weighted by molar-refractivity contribution is 9.10. The quantitative estimate of drug-likeness (QED) is 0.237. The number of Topliss-reactive ketones (excluding diaryl/α,β-unsaturated/α-hetero) is 2. The van der Waals surface area contributed by atoms with Crippen LogP contribution in [0.1, 0.15) is 34.6 Å². The van der Waals surface area contributed by atoms with Gasteiger partial charge in [-0.25, -0.2) is 8.42 Å². The summed E-state index contributed by atoms with van der Waals surface area (Å²) in [4.78, 5) is 26.5. The minimum absolute atomic E-state index is 0.321. The molecule has 2 aromatic carbocycles. The van der Waals surface area contributed by atoms with Crippen LogP contribution in [-0.2, 0) is 9.84 Å². The summed E-state index contributed by atoms with van der Waals surface area (Å²) in [5.41, 5.74) is 0.774. The number of rotatable bonds is 9. The van der Waals surface area contributed by atoms with Crippen LogP contribution in [0.5, 0.6) is 0 Å². The van der Waals surface area contributed by atoms with Crippen LogP contribution in [-0.4, -0.2) is 45.5 Å². The van der Waals surface area contributed by atoms with Crippen molar-refractivity contribution in [3.05, 3.63) is 71.8 Å². The summed E-state index contributed by atoms with van der Waals surface area (Å²) in [6.45, 7) is 3.10. The van der Waals surface area contributed by atoms with Gasteiger partial charge in [0.25, 0.3) is 0 Å². The Balaban J connectivity index is 2.60. The van der Waals surface area contributed by atoms with Crippen LogP contribution in [0.2, 0.25) is 0 Å². The molecule has 0 aliphatic rings. The molecule has 0 N–H and O–H groups in total. The highest BCUT2D eigenvalue weighted by Crippen LogP contribution is 2.43. The molecule has 0 fully saturated rings. The Morgan fingerprint density at radius 3 is 1.57 bits per heavy atom. The van der Waals surface area contributed by atoms with Crippen LogP contribution in [0, 0.1) is 5.92 Å². The third kappa shape index (κ3) is 5.15. The number of hydrogen-bond donors (Lipinski definition) is 0. The van der Waals surface area contributed by atoms with Gasteiger partial charge < -0.3 is 0 Å². The van der Waals surface area contributed by atoms with Gasteiger partial charge in [-0.1, -0.05) is 105 Å². The van der Waals surface area contributed by atoms with Crippen molar-refractivity contribution >= 4 is 70.8 Å². The lowest BCUT2D eigenvalue weighted by atomic mass is 9.80. The number of halogens is 2. The summed E-state index contributed by atoms with van der Waals surface area (Å²) in [6.07, 6.45) is 1.05. The Bertz CT molecular complexity index is 1030. The standard InChI is InChI=1S/C22H22Br2O4S2/c1-21(23,18(25)15-10-6-4-7-11-15)17(14-29)20(30(3,27)28)22(2,24)19(26)16-12-8-5-9-13-16/h4-14,17,20H,1-3H3. The molecule has 2 aromatic rings. The molecule has 4 nitrogen and oxygen atoms in total. The molecule has 0 saturated carbocycles. The lowest BCUT2D eigenvalue weighted by Gasteiger charge is -2.40. The largest absolute Gasteiger partial charge is 0.293 e. The van der Waals surface area contributed by atoms with Crippen molar-refractivity contribution in [2.24, 2.45) is 5.92 Å². The summed E-state index contributed by atoms with van der Waals surface area (Å²) in [6, 6.07) is 17.0. The smallest absolute Gasteiger partial charge is 0.180 e. The van der Waals surface area contributed by atoms with Gasteiger partial charge in [0.2, 0.25) is 0 Å². The van der Waals surface area contributed by atoms with Crippen molar-refractivity contribution in [1.29, 1.82) is 0 Å². The molecule has 0 saturated heterocycles. The second kappa shape index (κ2) is 9.51. The molecule has 160 valence electrons. The number of carbonyl (C=O) groups is 2. The molecular formula is C22H22Br2O4S2. The molecule has 0 radical (unpaired) electrons. The fourth-order valence-electron chi connectivity index (χ4n) is 3.51. The lowest BCUT2D eigenvalue weighted by molar-refractivity contribution is 0.0904. The van der Waals surface area contributed by atoms with Gasteiger partial charge in [0.05, 0.1) is 9.57 Å². The third-order valence-corrected chi connectivity index (χ3v) is 9.08. The zero-order valence-corrected chi connectivity index (χ0v) is 21.5. The molecular weight excluding hydrogens is 552 g/mol. The summed E-state index contributed by atoms with van der Waals surface area (Å²) in [5, 5.41) is -0.0359. The van der Waals surface area contributed by atoms with Gasteiger partial charge in [-0.2, -0.15) is 0 Å². The maximum absolute atomic E-state index is 13.3. The molecule has 0 bridgehead atoms. The van der Waals surface area contributed by atoms with E-state index in [4.69, 9.17) is 12.2 Å². The second-order valence-electron chi connectivity index (χ2n) is 7.45. The summed E-state index contributed by atoms with van der Waals surface area (Å²) >= 11 is 12.1. The molecule has 0 amide bonds. The van der Waals surface area contributed by atoms with E-state index >= 15 is 0 Å². The second-order valence-corrected chi connectivity index (χ2v) is 13.2. The van der Waals surface area contributed by atoms with Crippen LogP contribution in [0.25, 0.3) is 0 Å². The van der Waals surface area contributed by atoms with Crippen LogP contribution in [0.4, 0.5) is 0 Å². The lowest BCUT2D eigenvalue weighted by Crippen LogP contribution is -2.56. The highest BCUT2D eigenvalue weighted by Gasteiger charge is 2.55. The topological polar surface area (TPSA) is 68.3 Å². The van der Waals surface area contributed by atoms with E-state index in [-0.39, 0.29) is 5.78 Å². The number of hydrogen-bond acceptors (Lipinski definition) is 5. The Labute approximate surface area is 199 Å². The fraction of sp³-hybridized carbons (Fsp3) is 0.318. The SMILES string of the molecule is CC(Br)(C(=O)c1ccccc1)C(C=S)C(C(C)(Br)C(=O)c1ccccc1)S(C)(=O)=O. The van der Waals surface area contributed by atoms with Gasteiger partial charge >= 0.3 is 0 Å².